The summed E-state index contributed by atoms with van der Waals surface area (Å²) < 4.78 is 0. The Morgan fingerprint density at radius 2 is 2.11 bits per heavy atom. The van der Waals surface area contributed by atoms with Crippen molar-refractivity contribution in [3.63, 3.8) is 0 Å². The lowest BCUT2D eigenvalue weighted by Crippen LogP contribution is -2.37. The van der Waals surface area contributed by atoms with Crippen molar-refractivity contribution in [3.8, 4) is 0 Å². The first-order valence-corrected chi connectivity index (χ1v) is 7.17. The van der Waals surface area contributed by atoms with Crippen LogP contribution in [0.3, 0.4) is 0 Å². The summed E-state index contributed by atoms with van der Waals surface area (Å²) >= 11 is 0. The number of amides is 1. The summed E-state index contributed by atoms with van der Waals surface area (Å²) in [5.74, 6) is 4.99. The van der Waals surface area contributed by atoms with Gasteiger partial charge in [0.05, 0.1) is 0 Å². The molecule has 1 heterocycles. The minimum absolute atomic E-state index is 0.0579. The largest absolute Gasteiger partial charge is 0.302 e. The monoisotopic (exact) mass is 256 g/mol. The quantitative estimate of drug-likeness (QED) is 0.288. The lowest BCUT2D eigenvalue weighted by Gasteiger charge is -2.26. The highest BCUT2D eigenvalue weighted by atomic mass is 16.2. The van der Waals surface area contributed by atoms with Gasteiger partial charge in [-0.2, -0.15) is 0 Å². The Labute approximate surface area is 111 Å². The number of carbonyl (C=O) groups is 1. The second-order valence-corrected chi connectivity index (χ2v) is 4.99. The average Bonchev–Trinajstić information content (AvgIpc) is 2.84. The minimum Gasteiger partial charge on any atom is -0.302 e. The Morgan fingerprint density at radius 3 is 2.72 bits per heavy atom. The summed E-state index contributed by atoms with van der Waals surface area (Å²) in [6.45, 7) is 10.2. The van der Waals surface area contributed by atoms with Crippen molar-refractivity contribution in [1.82, 2.24) is 15.2 Å². The first kappa shape index (κ1) is 15.4. The van der Waals surface area contributed by atoms with Crippen LogP contribution in [0.2, 0.25) is 0 Å². The molecular formula is C13H28N4O. The van der Waals surface area contributed by atoms with Gasteiger partial charge >= 0.3 is 0 Å². The van der Waals surface area contributed by atoms with Gasteiger partial charge in [0.25, 0.3) is 0 Å². The molecule has 0 aliphatic carbocycles. The molecule has 0 radical (unpaired) electrons. The second kappa shape index (κ2) is 8.45. The Kier molecular flexibility index (Phi) is 7.23. The molecule has 1 atom stereocenters. The van der Waals surface area contributed by atoms with E-state index >= 15 is 0 Å². The van der Waals surface area contributed by atoms with Crippen LogP contribution in [0.5, 0.6) is 0 Å². The number of likely N-dealkylation sites (N-methyl/N-ethyl adjacent to an activating group) is 1. The highest BCUT2D eigenvalue weighted by molar-refractivity contribution is 5.75. The summed E-state index contributed by atoms with van der Waals surface area (Å²) in [4.78, 5) is 16.0. The number of hydrazine groups is 1. The van der Waals surface area contributed by atoms with Gasteiger partial charge in [0.1, 0.15) is 0 Å². The molecule has 0 bridgehead atoms. The summed E-state index contributed by atoms with van der Waals surface area (Å²) in [7, 11) is 0. The van der Waals surface area contributed by atoms with E-state index in [0.29, 0.717) is 6.42 Å². The number of rotatable bonds is 8. The van der Waals surface area contributed by atoms with E-state index in [1.807, 2.05) is 0 Å². The third kappa shape index (κ3) is 4.92. The molecule has 3 N–H and O–H groups in total. The second-order valence-electron chi connectivity index (χ2n) is 4.99. The van der Waals surface area contributed by atoms with E-state index < -0.39 is 0 Å². The molecule has 0 saturated carbocycles. The van der Waals surface area contributed by atoms with Crippen molar-refractivity contribution in [2.45, 2.75) is 45.6 Å². The van der Waals surface area contributed by atoms with Gasteiger partial charge in [-0.1, -0.05) is 13.8 Å². The van der Waals surface area contributed by atoms with Gasteiger partial charge in [-0.25, -0.2) is 5.84 Å². The third-order valence-electron chi connectivity index (χ3n) is 3.87. The SMILES string of the molecule is CCN(CC)C1CCN(CCCCC(=O)NN)C1. The predicted molar refractivity (Wildman–Crippen MR) is 73.9 cm³/mol. The number of likely N-dealkylation sites (tertiary alicyclic amines) is 1. The topological polar surface area (TPSA) is 61.6 Å². The number of carbonyl (C=O) groups excluding carboxylic acids is 1. The zero-order valence-corrected chi connectivity index (χ0v) is 11.8. The van der Waals surface area contributed by atoms with Gasteiger partial charge in [0.15, 0.2) is 0 Å². The molecule has 5 heteroatoms. The van der Waals surface area contributed by atoms with Gasteiger partial charge in [0.2, 0.25) is 5.91 Å². The third-order valence-corrected chi connectivity index (χ3v) is 3.87. The van der Waals surface area contributed by atoms with Gasteiger partial charge in [-0.3, -0.25) is 15.1 Å². The van der Waals surface area contributed by atoms with Crippen molar-refractivity contribution in [2.75, 3.05) is 32.7 Å². The smallest absolute Gasteiger partial charge is 0.233 e. The van der Waals surface area contributed by atoms with Crippen LogP contribution in [-0.2, 0) is 4.79 Å². The Bertz CT molecular complexity index is 243. The lowest BCUT2D eigenvalue weighted by molar-refractivity contribution is -0.121. The van der Waals surface area contributed by atoms with Crippen LogP contribution in [0, 0.1) is 0 Å². The zero-order valence-electron chi connectivity index (χ0n) is 11.8. The maximum Gasteiger partial charge on any atom is 0.233 e. The molecule has 106 valence electrons. The molecule has 1 aliphatic heterocycles. The van der Waals surface area contributed by atoms with E-state index in [4.69, 9.17) is 5.84 Å². The molecule has 1 fully saturated rings. The maximum absolute atomic E-state index is 11.0. The lowest BCUT2D eigenvalue weighted by atomic mass is 10.2. The van der Waals surface area contributed by atoms with E-state index in [0.717, 1.165) is 38.5 Å². The normalized spacial score (nSPS) is 20.6. The molecule has 0 aromatic carbocycles. The van der Waals surface area contributed by atoms with Crippen molar-refractivity contribution >= 4 is 5.91 Å². The highest BCUT2D eigenvalue weighted by Gasteiger charge is 2.25. The molecule has 1 aliphatic rings. The van der Waals surface area contributed by atoms with Crippen LogP contribution in [0.4, 0.5) is 0 Å². The van der Waals surface area contributed by atoms with Crippen molar-refractivity contribution in [2.24, 2.45) is 5.84 Å². The molecule has 1 unspecified atom stereocenters. The van der Waals surface area contributed by atoms with E-state index in [9.17, 15) is 4.79 Å². The summed E-state index contributed by atoms with van der Waals surface area (Å²) in [5, 5.41) is 0. The van der Waals surface area contributed by atoms with E-state index in [1.54, 1.807) is 0 Å². The van der Waals surface area contributed by atoms with E-state index in [-0.39, 0.29) is 5.91 Å². The van der Waals surface area contributed by atoms with Crippen LogP contribution in [0.1, 0.15) is 39.5 Å². The van der Waals surface area contributed by atoms with Crippen LogP contribution in [-0.4, -0.2) is 54.5 Å². The Morgan fingerprint density at radius 1 is 1.39 bits per heavy atom. The zero-order chi connectivity index (χ0) is 13.4. The Balaban J connectivity index is 2.13. The van der Waals surface area contributed by atoms with Crippen LogP contribution >= 0.6 is 0 Å². The summed E-state index contributed by atoms with van der Waals surface area (Å²) in [6.07, 6.45) is 3.84. The molecular weight excluding hydrogens is 228 g/mol. The average molecular weight is 256 g/mol. The predicted octanol–water partition coefficient (Wildman–Crippen LogP) is 0.563. The standard InChI is InChI=1S/C13H28N4O/c1-3-17(4-2)12-8-10-16(11-12)9-6-5-7-13(18)15-14/h12H,3-11,14H2,1-2H3,(H,15,18). The fourth-order valence-corrected chi connectivity index (χ4v) is 2.75. The van der Waals surface area contributed by atoms with Gasteiger partial charge in [0, 0.05) is 19.0 Å². The van der Waals surface area contributed by atoms with Gasteiger partial charge in [-0.15, -0.1) is 0 Å². The minimum atomic E-state index is -0.0579. The fourth-order valence-electron chi connectivity index (χ4n) is 2.75. The molecule has 1 rings (SSSR count). The van der Waals surface area contributed by atoms with Crippen molar-refractivity contribution < 1.29 is 4.79 Å². The number of hydrogen-bond donors (Lipinski definition) is 2. The first-order valence-electron chi connectivity index (χ1n) is 7.17. The van der Waals surface area contributed by atoms with Gasteiger partial charge < -0.3 is 4.90 Å². The molecule has 0 aromatic rings. The number of hydrogen-bond acceptors (Lipinski definition) is 4. The number of unbranched alkanes of at least 4 members (excludes halogenated alkanes) is 1. The van der Waals surface area contributed by atoms with E-state index in [1.165, 1.54) is 19.5 Å². The van der Waals surface area contributed by atoms with Crippen molar-refractivity contribution in [3.05, 3.63) is 0 Å². The maximum atomic E-state index is 11.0. The molecule has 0 spiro atoms. The number of nitrogens with two attached hydrogens (primary N) is 1. The molecule has 5 nitrogen and oxygen atoms in total. The fraction of sp³-hybridized carbons (Fsp3) is 0.923. The molecule has 18 heavy (non-hydrogen) atoms. The molecule has 1 saturated heterocycles. The van der Waals surface area contributed by atoms with Crippen molar-refractivity contribution in [1.29, 1.82) is 0 Å². The van der Waals surface area contributed by atoms with E-state index in [2.05, 4.69) is 29.1 Å². The first-order chi connectivity index (χ1) is 8.71. The highest BCUT2D eigenvalue weighted by Crippen LogP contribution is 2.15. The Hall–Kier alpha value is -0.650. The number of nitrogens with one attached hydrogen (secondary N) is 1. The van der Waals surface area contributed by atoms with Crippen LogP contribution in [0.25, 0.3) is 0 Å². The number of nitrogens with zero attached hydrogens (tertiary/aromatic N) is 2. The molecule has 0 aromatic heterocycles. The van der Waals surface area contributed by atoms with Crippen LogP contribution in [0.15, 0.2) is 0 Å². The van der Waals surface area contributed by atoms with Crippen LogP contribution < -0.4 is 11.3 Å². The molecule has 1 amide bonds. The summed E-state index contributed by atoms with van der Waals surface area (Å²) in [6, 6.07) is 0.729. The summed E-state index contributed by atoms with van der Waals surface area (Å²) in [5.41, 5.74) is 2.17. The van der Waals surface area contributed by atoms with Gasteiger partial charge in [-0.05, 0) is 45.4 Å².